The highest BCUT2D eigenvalue weighted by Crippen LogP contribution is 2.33. The third-order valence-corrected chi connectivity index (χ3v) is 5.45. The van der Waals surface area contributed by atoms with Crippen LogP contribution >= 0.6 is 11.6 Å². The minimum Gasteiger partial charge on any atom is -0.478 e. The molecule has 0 spiro atoms. The lowest BCUT2D eigenvalue weighted by atomic mass is 10.2. The van der Waals surface area contributed by atoms with E-state index < -0.39 is 16.0 Å². The molecule has 1 fully saturated rings. The second-order valence-electron chi connectivity index (χ2n) is 4.79. The van der Waals surface area contributed by atoms with Gasteiger partial charge in [0.25, 0.3) is 0 Å². The third-order valence-electron chi connectivity index (χ3n) is 3.17. The number of carboxylic acids is 1. The summed E-state index contributed by atoms with van der Waals surface area (Å²) >= 11 is 5.77. The van der Waals surface area contributed by atoms with E-state index in [9.17, 15) is 13.2 Å². The van der Waals surface area contributed by atoms with Gasteiger partial charge in [-0.05, 0) is 37.5 Å². The van der Waals surface area contributed by atoms with E-state index >= 15 is 0 Å². The molecule has 0 amide bonds. The molecule has 2 rings (SSSR count). The predicted molar refractivity (Wildman–Crippen MR) is 75.6 cm³/mol. The van der Waals surface area contributed by atoms with Crippen molar-refractivity contribution < 1.29 is 18.3 Å². The molecular weight excluding hydrogens is 302 g/mol. The zero-order valence-corrected chi connectivity index (χ0v) is 12.6. The van der Waals surface area contributed by atoms with Crippen LogP contribution in [0.5, 0.6) is 0 Å². The van der Waals surface area contributed by atoms with E-state index in [0.29, 0.717) is 6.54 Å². The van der Waals surface area contributed by atoms with E-state index in [4.69, 9.17) is 16.7 Å². The molecule has 0 aromatic heterocycles. The highest BCUT2D eigenvalue weighted by atomic mass is 35.5. The first-order valence-electron chi connectivity index (χ1n) is 6.42. The molecule has 0 saturated heterocycles. The monoisotopic (exact) mass is 317 g/mol. The molecule has 1 aromatic carbocycles. The van der Waals surface area contributed by atoms with Crippen molar-refractivity contribution in [2.75, 3.05) is 6.54 Å². The summed E-state index contributed by atoms with van der Waals surface area (Å²) in [6.07, 6.45) is 2.44. The Hall–Kier alpha value is -1.11. The summed E-state index contributed by atoms with van der Waals surface area (Å²) in [6, 6.07) is 3.85. The van der Waals surface area contributed by atoms with Crippen LogP contribution in [0.3, 0.4) is 0 Å². The zero-order valence-electron chi connectivity index (χ0n) is 11.0. The van der Waals surface area contributed by atoms with Gasteiger partial charge in [0.15, 0.2) is 0 Å². The Labute approximate surface area is 123 Å². The second-order valence-corrected chi connectivity index (χ2v) is 7.09. The maximum absolute atomic E-state index is 12.6. The van der Waals surface area contributed by atoms with Crippen LogP contribution in [-0.4, -0.2) is 36.4 Å². The lowest BCUT2D eigenvalue weighted by molar-refractivity contribution is 0.0697. The SMILES string of the molecule is CCCN(C1CC1)S(=O)(=O)c1ccc(Cl)c(C(=O)O)c1. The molecule has 1 saturated carbocycles. The molecule has 1 aromatic rings. The van der Waals surface area contributed by atoms with Crippen molar-refractivity contribution in [3.63, 3.8) is 0 Å². The van der Waals surface area contributed by atoms with Gasteiger partial charge in [-0.3, -0.25) is 0 Å². The molecule has 1 aliphatic carbocycles. The molecule has 7 heteroatoms. The summed E-state index contributed by atoms with van der Waals surface area (Å²) in [4.78, 5) is 11.0. The predicted octanol–water partition coefficient (Wildman–Crippen LogP) is 2.60. The molecule has 5 nitrogen and oxygen atoms in total. The number of aromatic carboxylic acids is 1. The molecule has 110 valence electrons. The topological polar surface area (TPSA) is 74.7 Å². The van der Waals surface area contributed by atoms with Gasteiger partial charge in [0, 0.05) is 12.6 Å². The van der Waals surface area contributed by atoms with Crippen LogP contribution in [0.2, 0.25) is 5.02 Å². The number of nitrogens with zero attached hydrogens (tertiary/aromatic N) is 1. The Bertz CT molecular complexity index is 625. The summed E-state index contributed by atoms with van der Waals surface area (Å²) in [5.41, 5.74) is -0.194. The summed E-state index contributed by atoms with van der Waals surface area (Å²) in [5.74, 6) is -1.24. The molecule has 0 atom stereocenters. The van der Waals surface area contributed by atoms with Crippen molar-refractivity contribution in [1.29, 1.82) is 0 Å². The summed E-state index contributed by atoms with van der Waals surface area (Å²) in [5, 5.41) is 9.06. The van der Waals surface area contributed by atoms with E-state index in [-0.39, 0.29) is 21.5 Å². The largest absolute Gasteiger partial charge is 0.478 e. The van der Waals surface area contributed by atoms with Gasteiger partial charge < -0.3 is 5.11 Å². The lowest BCUT2D eigenvalue weighted by Crippen LogP contribution is -2.33. The number of halogens is 1. The fourth-order valence-corrected chi connectivity index (χ4v) is 4.05. The number of hydrogen-bond donors (Lipinski definition) is 1. The van der Waals surface area contributed by atoms with Crippen LogP contribution in [0.1, 0.15) is 36.5 Å². The maximum atomic E-state index is 12.6. The molecule has 0 radical (unpaired) electrons. The number of hydrogen-bond acceptors (Lipinski definition) is 3. The first-order valence-corrected chi connectivity index (χ1v) is 8.24. The Morgan fingerprint density at radius 2 is 2.10 bits per heavy atom. The second kappa shape index (κ2) is 5.71. The first-order chi connectivity index (χ1) is 9.37. The fraction of sp³-hybridized carbons (Fsp3) is 0.462. The summed E-state index contributed by atoms with van der Waals surface area (Å²) < 4.78 is 26.6. The van der Waals surface area contributed by atoms with Gasteiger partial charge in [-0.15, -0.1) is 0 Å². The quantitative estimate of drug-likeness (QED) is 0.875. The van der Waals surface area contributed by atoms with Gasteiger partial charge in [-0.1, -0.05) is 18.5 Å². The van der Waals surface area contributed by atoms with Gasteiger partial charge in [0.05, 0.1) is 15.5 Å². The average molecular weight is 318 g/mol. The number of sulfonamides is 1. The summed E-state index contributed by atoms with van der Waals surface area (Å²) in [6.45, 7) is 2.35. The van der Waals surface area contributed by atoms with Crippen molar-refractivity contribution in [3.8, 4) is 0 Å². The van der Waals surface area contributed by atoms with E-state index in [2.05, 4.69) is 0 Å². The molecule has 0 aliphatic heterocycles. The maximum Gasteiger partial charge on any atom is 0.337 e. The Kier molecular flexibility index (Phi) is 4.36. The van der Waals surface area contributed by atoms with Crippen LogP contribution in [0.25, 0.3) is 0 Å². The Morgan fingerprint density at radius 3 is 2.60 bits per heavy atom. The van der Waals surface area contributed by atoms with E-state index in [1.807, 2.05) is 6.92 Å². The third kappa shape index (κ3) is 2.97. The van der Waals surface area contributed by atoms with Crippen molar-refractivity contribution in [3.05, 3.63) is 28.8 Å². The van der Waals surface area contributed by atoms with Crippen molar-refractivity contribution in [2.24, 2.45) is 0 Å². The number of rotatable bonds is 6. The molecule has 1 N–H and O–H groups in total. The van der Waals surface area contributed by atoms with Gasteiger partial charge in [-0.25, -0.2) is 13.2 Å². The van der Waals surface area contributed by atoms with Crippen LogP contribution < -0.4 is 0 Å². The minimum absolute atomic E-state index is 0.0142. The molecule has 0 unspecified atom stereocenters. The van der Waals surface area contributed by atoms with Gasteiger partial charge in [0.2, 0.25) is 10.0 Å². The molecule has 0 bridgehead atoms. The highest BCUT2D eigenvalue weighted by molar-refractivity contribution is 7.89. The van der Waals surface area contributed by atoms with Gasteiger partial charge >= 0.3 is 5.97 Å². The Morgan fingerprint density at radius 1 is 1.45 bits per heavy atom. The van der Waals surface area contributed by atoms with Gasteiger partial charge in [0.1, 0.15) is 0 Å². The first kappa shape index (κ1) is 15.3. The van der Waals surface area contributed by atoms with E-state index in [1.165, 1.54) is 16.4 Å². The normalized spacial score (nSPS) is 15.6. The van der Waals surface area contributed by atoms with Crippen LogP contribution in [0.15, 0.2) is 23.1 Å². The standard InChI is InChI=1S/C13H16ClNO4S/c1-2-7-15(9-3-4-9)20(18,19)10-5-6-12(14)11(8-10)13(16)17/h5-6,8-9H,2-4,7H2,1H3,(H,16,17). The van der Waals surface area contributed by atoms with E-state index in [0.717, 1.165) is 25.3 Å². The van der Waals surface area contributed by atoms with Crippen molar-refractivity contribution in [1.82, 2.24) is 4.31 Å². The van der Waals surface area contributed by atoms with Crippen LogP contribution in [-0.2, 0) is 10.0 Å². The summed E-state index contributed by atoms with van der Waals surface area (Å²) in [7, 11) is -3.66. The smallest absolute Gasteiger partial charge is 0.337 e. The highest BCUT2D eigenvalue weighted by Gasteiger charge is 2.37. The van der Waals surface area contributed by atoms with E-state index in [1.54, 1.807) is 0 Å². The average Bonchev–Trinajstić information content (AvgIpc) is 3.19. The van der Waals surface area contributed by atoms with Crippen molar-refractivity contribution in [2.45, 2.75) is 37.1 Å². The van der Waals surface area contributed by atoms with Gasteiger partial charge in [-0.2, -0.15) is 4.31 Å². The molecular formula is C13H16ClNO4S. The number of carboxylic acid groups (broad SMARTS) is 1. The molecule has 1 aliphatic rings. The minimum atomic E-state index is -3.66. The van der Waals surface area contributed by atoms with Crippen LogP contribution in [0, 0.1) is 0 Å². The Balaban J connectivity index is 2.42. The van der Waals surface area contributed by atoms with Crippen molar-refractivity contribution >= 4 is 27.6 Å². The zero-order chi connectivity index (χ0) is 14.9. The lowest BCUT2D eigenvalue weighted by Gasteiger charge is -2.21. The fourth-order valence-electron chi connectivity index (χ4n) is 2.05. The molecule has 0 heterocycles. The number of carbonyl (C=O) groups is 1. The number of benzene rings is 1. The van der Waals surface area contributed by atoms with Crippen LogP contribution in [0.4, 0.5) is 0 Å². The molecule has 20 heavy (non-hydrogen) atoms.